The molecule has 0 aliphatic carbocycles. The second kappa shape index (κ2) is 7.95. The molecule has 1 aromatic heterocycles. The van der Waals surface area contributed by atoms with Gasteiger partial charge < -0.3 is 19.2 Å². The lowest BCUT2D eigenvalue weighted by Crippen LogP contribution is -2.50. The van der Waals surface area contributed by atoms with Crippen molar-refractivity contribution in [1.82, 2.24) is 9.88 Å². The zero-order valence-electron chi connectivity index (χ0n) is 15.9. The maximum absolute atomic E-state index is 13.0. The Morgan fingerprint density at radius 2 is 2.20 bits per heavy atom. The third-order valence-electron chi connectivity index (χ3n) is 5.20. The van der Waals surface area contributed by atoms with Crippen molar-refractivity contribution in [3.8, 4) is 0 Å². The van der Waals surface area contributed by atoms with Crippen LogP contribution in [0.5, 0.6) is 0 Å². The summed E-state index contributed by atoms with van der Waals surface area (Å²) in [7, 11) is -1.93. The Morgan fingerprint density at radius 3 is 2.84 bits per heavy atom. The van der Waals surface area contributed by atoms with Gasteiger partial charge in [-0.2, -0.15) is 0 Å². The van der Waals surface area contributed by atoms with E-state index in [4.69, 9.17) is 9.16 Å². The van der Waals surface area contributed by atoms with Crippen LogP contribution < -0.4 is 0 Å². The molecule has 0 aromatic carbocycles. The van der Waals surface area contributed by atoms with Gasteiger partial charge in [-0.05, 0) is 30.3 Å². The van der Waals surface area contributed by atoms with E-state index in [1.165, 1.54) is 0 Å². The zero-order chi connectivity index (χ0) is 18.7. The summed E-state index contributed by atoms with van der Waals surface area (Å²) in [5, 5.41) is 9.61. The number of nitrogens with zero attached hydrogens (tertiary/aromatic N) is 2. The van der Waals surface area contributed by atoms with Crippen LogP contribution in [0.3, 0.4) is 0 Å². The number of hydrogen-bond donors (Lipinski definition) is 1. The molecule has 0 bridgehead atoms. The Labute approximate surface area is 151 Å². The number of aliphatic hydroxyl groups excluding tert-OH is 1. The largest absolute Gasteiger partial charge is 0.411 e. The van der Waals surface area contributed by atoms with Gasteiger partial charge in [0, 0.05) is 12.7 Å². The van der Waals surface area contributed by atoms with Crippen LogP contribution in [0.15, 0.2) is 18.3 Å². The molecule has 7 heteroatoms. The Balaban J connectivity index is 2.18. The average molecular weight is 367 g/mol. The molecule has 1 N–H and O–H groups in total. The maximum Gasteiger partial charge on any atom is 0.256 e. The van der Waals surface area contributed by atoms with Gasteiger partial charge in [-0.3, -0.25) is 9.78 Å². The summed E-state index contributed by atoms with van der Waals surface area (Å²) < 4.78 is 11.6. The van der Waals surface area contributed by atoms with Crippen molar-refractivity contribution in [2.24, 2.45) is 0 Å². The average Bonchev–Trinajstić information content (AvgIpc) is 2.58. The molecule has 1 aliphatic heterocycles. The molecule has 1 atom stereocenters. The van der Waals surface area contributed by atoms with Crippen LogP contribution in [0.25, 0.3) is 0 Å². The molecule has 1 aromatic rings. The van der Waals surface area contributed by atoms with Gasteiger partial charge in [0.1, 0.15) is 0 Å². The highest BCUT2D eigenvalue weighted by atomic mass is 28.4. The van der Waals surface area contributed by atoms with E-state index < -0.39 is 8.32 Å². The van der Waals surface area contributed by atoms with Crippen LogP contribution in [-0.4, -0.2) is 61.6 Å². The van der Waals surface area contributed by atoms with E-state index in [1.54, 1.807) is 23.2 Å². The number of pyridine rings is 1. The van der Waals surface area contributed by atoms with Crippen molar-refractivity contribution in [2.75, 3.05) is 26.4 Å². The first-order chi connectivity index (χ1) is 11.7. The predicted octanol–water partition coefficient (Wildman–Crippen LogP) is 2.44. The number of rotatable bonds is 5. The van der Waals surface area contributed by atoms with E-state index in [2.05, 4.69) is 38.8 Å². The summed E-state index contributed by atoms with van der Waals surface area (Å²) >= 11 is 0. The summed E-state index contributed by atoms with van der Waals surface area (Å²) in [5.74, 6) is -0.121. The summed E-state index contributed by atoms with van der Waals surface area (Å²) in [5.41, 5.74) is 1.20. The van der Waals surface area contributed by atoms with Crippen molar-refractivity contribution in [2.45, 2.75) is 51.6 Å². The van der Waals surface area contributed by atoms with Gasteiger partial charge >= 0.3 is 0 Å². The number of amides is 1. The van der Waals surface area contributed by atoms with E-state index in [0.29, 0.717) is 37.6 Å². The maximum atomic E-state index is 13.0. The van der Waals surface area contributed by atoms with Gasteiger partial charge in [-0.1, -0.05) is 20.8 Å². The van der Waals surface area contributed by atoms with Crippen molar-refractivity contribution < 1.29 is 19.1 Å². The second-order valence-electron chi connectivity index (χ2n) is 7.96. The van der Waals surface area contributed by atoms with Gasteiger partial charge in [-0.15, -0.1) is 0 Å². The number of hydrogen-bond acceptors (Lipinski definition) is 5. The smallest absolute Gasteiger partial charge is 0.256 e. The first-order valence-electron chi connectivity index (χ1n) is 8.75. The van der Waals surface area contributed by atoms with Gasteiger partial charge in [0.15, 0.2) is 8.32 Å². The molecule has 0 saturated carbocycles. The highest BCUT2D eigenvalue weighted by Gasteiger charge is 2.37. The molecule has 6 nitrogen and oxygen atoms in total. The third kappa shape index (κ3) is 4.66. The number of carbonyl (C=O) groups is 1. The summed E-state index contributed by atoms with van der Waals surface area (Å²) in [4.78, 5) is 19.0. The minimum absolute atomic E-state index is 0.0954. The fourth-order valence-electron chi connectivity index (χ4n) is 2.44. The Morgan fingerprint density at radius 1 is 1.48 bits per heavy atom. The highest BCUT2D eigenvalue weighted by molar-refractivity contribution is 6.74. The predicted molar refractivity (Wildman–Crippen MR) is 99.0 cm³/mol. The second-order valence-corrected chi connectivity index (χ2v) is 12.8. The standard InChI is InChI=1S/C18H30N2O4Si/c1-18(2,3)25(4,5)24-13-16-15(7-6-8-19-16)17(22)20-9-10-23-12-14(20)11-21/h6-8,14,21H,9-13H2,1-5H3/t14-/m1/s1. The van der Waals surface area contributed by atoms with Crippen LogP contribution in [0.4, 0.5) is 0 Å². The molecule has 2 heterocycles. The molecule has 1 saturated heterocycles. The van der Waals surface area contributed by atoms with Crippen molar-refractivity contribution >= 4 is 14.2 Å². The molecule has 1 amide bonds. The molecular weight excluding hydrogens is 336 g/mol. The number of aliphatic hydroxyl groups is 1. The minimum atomic E-state index is -1.93. The Bertz CT molecular complexity index is 601. The SMILES string of the molecule is CC(C)(C)[Si](C)(C)OCc1ncccc1C(=O)N1CCOC[C@H]1CO. The fourth-order valence-corrected chi connectivity index (χ4v) is 3.37. The molecule has 1 aliphatic rings. The minimum Gasteiger partial charge on any atom is -0.411 e. The molecular formula is C18H30N2O4Si. The third-order valence-corrected chi connectivity index (χ3v) is 9.67. The Hall–Kier alpha value is -1.28. The highest BCUT2D eigenvalue weighted by Crippen LogP contribution is 2.37. The number of morpholine rings is 1. The lowest BCUT2D eigenvalue weighted by molar-refractivity contribution is -0.0185. The van der Waals surface area contributed by atoms with E-state index in [1.807, 2.05) is 0 Å². The van der Waals surface area contributed by atoms with Crippen molar-refractivity contribution in [3.05, 3.63) is 29.6 Å². The van der Waals surface area contributed by atoms with Crippen LogP contribution >= 0.6 is 0 Å². The summed E-state index contributed by atoms with van der Waals surface area (Å²) in [6.07, 6.45) is 1.68. The number of ether oxygens (including phenoxy) is 1. The molecule has 0 unspecified atom stereocenters. The molecule has 140 valence electrons. The topological polar surface area (TPSA) is 71.9 Å². The van der Waals surface area contributed by atoms with Crippen LogP contribution in [-0.2, 0) is 15.8 Å². The van der Waals surface area contributed by atoms with E-state index in [-0.39, 0.29) is 23.6 Å². The van der Waals surface area contributed by atoms with Crippen molar-refractivity contribution in [3.63, 3.8) is 0 Å². The first-order valence-corrected chi connectivity index (χ1v) is 11.7. The van der Waals surface area contributed by atoms with Gasteiger partial charge in [0.05, 0.1) is 43.7 Å². The van der Waals surface area contributed by atoms with E-state index in [9.17, 15) is 9.90 Å². The lowest BCUT2D eigenvalue weighted by atomic mass is 10.1. The molecule has 25 heavy (non-hydrogen) atoms. The first kappa shape index (κ1) is 20.0. The van der Waals surface area contributed by atoms with Crippen molar-refractivity contribution in [1.29, 1.82) is 0 Å². The van der Waals surface area contributed by atoms with Gasteiger partial charge in [0.2, 0.25) is 0 Å². The summed E-state index contributed by atoms with van der Waals surface area (Å²) in [6.45, 7) is 12.4. The zero-order valence-corrected chi connectivity index (χ0v) is 16.9. The Kier molecular flexibility index (Phi) is 6.37. The molecule has 0 spiro atoms. The fraction of sp³-hybridized carbons (Fsp3) is 0.667. The number of aromatic nitrogens is 1. The quantitative estimate of drug-likeness (QED) is 0.811. The normalized spacial score (nSPS) is 19.1. The lowest BCUT2D eigenvalue weighted by Gasteiger charge is -2.36. The summed E-state index contributed by atoms with van der Waals surface area (Å²) in [6, 6.07) is 3.23. The molecule has 0 radical (unpaired) electrons. The van der Waals surface area contributed by atoms with Gasteiger partial charge in [-0.25, -0.2) is 0 Å². The van der Waals surface area contributed by atoms with Crippen LogP contribution in [0.1, 0.15) is 36.8 Å². The number of carbonyl (C=O) groups excluding carboxylic acids is 1. The molecule has 1 fully saturated rings. The monoisotopic (exact) mass is 366 g/mol. The molecule has 2 rings (SSSR count). The van der Waals surface area contributed by atoms with Gasteiger partial charge in [0.25, 0.3) is 5.91 Å². The van der Waals surface area contributed by atoms with Crippen LogP contribution in [0.2, 0.25) is 18.1 Å². The van der Waals surface area contributed by atoms with Crippen LogP contribution in [0, 0.1) is 0 Å². The van der Waals surface area contributed by atoms with E-state index in [0.717, 1.165) is 0 Å². The van der Waals surface area contributed by atoms with E-state index >= 15 is 0 Å².